The molecule has 0 aliphatic rings. The highest BCUT2D eigenvalue weighted by Crippen LogP contribution is 2.22. The lowest BCUT2D eigenvalue weighted by atomic mass is 9.13. The van der Waals surface area contributed by atoms with Crippen LogP contribution >= 0.6 is 0 Å². The van der Waals surface area contributed by atoms with E-state index in [4.69, 9.17) is 0 Å². The molecule has 0 saturated carbocycles. The Labute approximate surface area is 171 Å². The second-order valence-corrected chi connectivity index (χ2v) is 8.19. The van der Waals surface area contributed by atoms with Gasteiger partial charge in [0.25, 0.3) is 0 Å². The van der Waals surface area contributed by atoms with Gasteiger partial charge in [-0.1, -0.05) is 72.9 Å². The zero-order chi connectivity index (χ0) is 21.2. The van der Waals surface area contributed by atoms with Crippen LogP contribution in [0, 0.1) is 38.2 Å². The van der Waals surface area contributed by atoms with Crippen LogP contribution in [0.4, 0.5) is 13.2 Å². The Morgan fingerprint density at radius 1 is 0.621 bits per heavy atom. The SMILES string of the molecule is CCCC[B-](c1cc(F)ccc1C)(c1cc(F)ccc1C)c1cc(F)ccc1C. The number of hydrogen-bond acceptors (Lipinski definition) is 0. The van der Waals surface area contributed by atoms with Crippen molar-refractivity contribution >= 4 is 22.5 Å². The van der Waals surface area contributed by atoms with Gasteiger partial charge in [0.05, 0.1) is 6.15 Å². The molecule has 3 aromatic carbocycles. The summed E-state index contributed by atoms with van der Waals surface area (Å²) in [5.41, 5.74) is 5.24. The third-order valence-corrected chi connectivity index (χ3v) is 6.31. The molecule has 0 atom stereocenters. The molecule has 0 aromatic heterocycles. The highest BCUT2D eigenvalue weighted by molar-refractivity contribution is 7.12. The van der Waals surface area contributed by atoms with E-state index in [1.807, 2.05) is 20.8 Å². The van der Waals surface area contributed by atoms with Crippen LogP contribution in [0.1, 0.15) is 36.5 Å². The molecule has 0 spiro atoms. The molecule has 0 N–H and O–H groups in total. The average molecular weight is 395 g/mol. The van der Waals surface area contributed by atoms with E-state index >= 15 is 0 Å². The smallest absolute Gasteiger partial charge is 0.120 e. The Kier molecular flexibility index (Phi) is 6.21. The first kappa shape index (κ1) is 21.2. The monoisotopic (exact) mass is 395 g/mol. The summed E-state index contributed by atoms with van der Waals surface area (Å²) in [4.78, 5) is 0. The zero-order valence-electron chi connectivity index (χ0n) is 17.5. The molecule has 0 heterocycles. The summed E-state index contributed by atoms with van der Waals surface area (Å²) in [6.07, 6.45) is 0.717. The lowest BCUT2D eigenvalue weighted by Gasteiger charge is -2.46. The van der Waals surface area contributed by atoms with E-state index < -0.39 is 6.15 Å². The summed E-state index contributed by atoms with van der Waals surface area (Å²) in [6, 6.07) is 14.3. The number of hydrogen-bond donors (Lipinski definition) is 0. The van der Waals surface area contributed by atoms with E-state index in [0.717, 1.165) is 45.9 Å². The molecule has 0 fully saturated rings. The van der Waals surface area contributed by atoms with Crippen LogP contribution in [0.3, 0.4) is 0 Å². The lowest BCUT2D eigenvalue weighted by molar-refractivity contribution is 0.628. The number of benzene rings is 3. The quantitative estimate of drug-likeness (QED) is 0.497. The summed E-state index contributed by atoms with van der Waals surface area (Å²) >= 11 is 0. The van der Waals surface area contributed by atoms with Crippen molar-refractivity contribution in [2.45, 2.75) is 46.9 Å². The van der Waals surface area contributed by atoms with Crippen LogP contribution < -0.4 is 16.4 Å². The van der Waals surface area contributed by atoms with Gasteiger partial charge in [-0.15, -0.1) is 0 Å². The lowest BCUT2D eigenvalue weighted by Crippen LogP contribution is -2.69. The van der Waals surface area contributed by atoms with E-state index in [1.165, 1.54) is 18.2 Å². The van der Waals surface area contributed by atoms with Crippen LogP contribution in [0.15, 0.2) is 54.6 Å². The van der Waals surface area contributed by atoms with E-state index in [2.05, 4.69) is 6.92 Å². The Hall–Kier alpha value is -2.49. The fraction of sp³-hybridized carbons (Fsp3) is 0.280. The van der Waals surface area contributed by atoms with Crippen molar-refractivity contribution in [3.05, 3.63) is 88.7 Å². The van der Waals surface area contributed by atoms with Gasteiger partial charge in [0, 0.05) is 0 Å². The number of rotatable bonds is 6. The van der Waals surface area contributed by atoms with Crippen molar-refractivity contribution in [3.8, 4) is 0 Å². The average Bonchev–Trinajstić information content (AvgIpc) is 2.69. The number of aryl methyl sites for hydroxylation is 3. The maximum absolute atomic E-state index is 14.5. The highest BCUT2D eigenvalue weighted by Gasteiger charge is 2.33. The van der Waals surface area contributed by atoms with Gasteiger partial charge in [-0.2, -0.15) is 22.7 Å². The number of halogens is 3. The molecule has 0 bridgehead atoms. The second-order valence-electron chi connectivity index (χ2n) is 8.19. The minimum absolute atomic E-state index is 0.337. The van der Waals surface area contributed by atoms with Crippen molar-refractivity contribution in [2.24, 2.45) is 0 Å². The summed E-state index contributed by atoms with van der Waals surface area (Å²) in [5.74, 6) is -1.01. The third-order valence-electron chi connectivity index (χ3n) is 6.31. The topological polar surface area (TPSA) is 0 Å². The van der Waals surface area contributed by atoms with Crippen LogP contribution in [0.5, 0.6) is 0 Å². The first-order valence-corrected chi connectivity index (χ1v) is 10.3. The minimum Gasteiger partial charge on any atom is -0.207 e. The van der Waals surface area contributed by atoms with E-state index in [1.54, 1.807) is 36.4 Å². The van der Waals surface area contributed by atoms with Gasteiger partial charge in [-0.3, -0.25) is 0 Å². The van der Waals surface area contributed by atoms with Gasteiger partial charge < -0.3 is 0 Å². The minimum atomic E-state index is -1.77. The molecule has 3 rings (SSSR count). The van der Waals surface area contributed by atoms with Crippen LogP contribution in [0.2, 0.25) is 6.32 Å². The Morgan fingerprint density at radius 2 is 0.966 bits per heavy atom. The maximum atomic E-state index is 14.5. The summed E-state index contributed by atoms with van der Waals surface area (Å²) < 4.78 is 43.4. The Morgan fingerprint density at radius 3 is 1.28 bits per heavy atom. The molecule has 0 nitrogen and oxygen atoms in total. The molecule has 0 saturated heterocycles. The van der Waals surface area contributed by atoms with Crippen LogP contribution in [0.25, 0.3) is 0 Å². The van der Waals surface area contributed by atoms with Crippen LogP contribution in [-0.4, -0.2) is 6.15 Å². The second kappa shape index (κ2) is 8.48. The first-order chi connectivity index (χ1) is 13.8. The summed E-state index contributed by atoms with van der Waals surface area (Å²) in [6.45, 7) is 7.93. The molecule has 0 radical (unpaired) electrons. The van der Waals surface area contributed by atoms with Gasteiger partial charge in [0.1, 0.15) is 17.5 Å². The van der Waals surface area contributed by atoms with Gasteiger partial charge in [0.15, 0.2) is 0 Å². The summed E-state index contributed by atoms with van der Waals surface area (Å²) in [5, 5.41) is 0. The van der Waals surface area contributed by atoms with Crippen LogP contribution in [-0.2, 0) is 0 Å². The fourth-order valence-electron chi connectivity index (χ4n) is 4.91. The van der Waals surface area contributed by atoms with Crippen molar-refractivity contribution in [2.75, 3.05) is 0 Å². The zero-order valence-corrected chi connectivity index (χ0v) is 17.5. The molecular formula is C25H27BF3-. The van der Waals surface area contributed by atoms with E-state index in [9.17, 15) is 13.2 Å². The Bertz CT molecular complexity index is 901. The molecule has 4 heteroatoms. The molecule has 0 unspecified atom stereocenters. The van der Waals surface area contributed by atoms with Crippen molar-refractivity contribution < 1.29 is 13.2 Å². The Balaban J connectivity index is 2.50. The molecular weight excluding hydrogens is 368 g/mol. The molecule has 152 valence electrons. The van der Waals surface area contributed by atoms with Gasteiger partial charge in [-0.05, 0) is 39.0 Å². The van der Waals surface area contributed by atoms with Crippen molar-refractivity contribution in [1.29, 1.82) is 0 Å². The van der Waals surface area contributed by atoms with Gasteiger partial charge in [-0.25, -0.2) is 13.2 Å². The first-order valence-electron chi connectivity index (χ1n) is 10.3. The molecule has 29 heavy (non-hydrogen) atoms. The summed E-state index contributed by atoms with van der Waals surface area (Å²) in [7, 11) is 0. The fourth-order valence-corrected chi connectivity index (χ4v) is 4.91. The predicted octanol–water partition coefficient (Wildman–Crippen LogP) is 5.30. The number of unbranched alkanes of at least 4 members (excludes halogenated alkanes) is 1. The van der Waals surface area contributed by atoms with Gasteiger partial charge >= 0.3 is 0 Å². The van der Waals surface area contributed by atoms with E-state index in [0.29, 0.717) is 6.32 Å². The van der Waals surface area contributed by atoms with Gasteiger partial charge in [0.2, 0.25) is 0 Å². The molecule has 3 aromatic rings. The third kappa shape index (κ3) is 3.98. The largest absolute Gasteiger partial charge is 0.207 e. The highest BCUT2D eigenvalue weighted by atomic mass is 19.1. The van der Waals surface area contributed by atoms with Crippen molar-refractivity contribution in [1.82, 2.24) is 0 Å². The maximum Gasteiger partial charge on any atom is 0.120 e. The standard InChI is InChI=1S/C25H27BF3/c1-5-6-13-26(23-14-20(27)10-7-17(23)2,24-15-21(28)11-8-18(24)3)25-16-22(29)12-9-19(25)4/h7-12,14-16H,5-6,13H2,1-4H3/q-1. The predicted molar refractivity (Wildman–Crippen MR) is 118 cm³/mol. The van der Waals surface area contributed by atoms with E-state index in [-0.39, 0.29) is 17.5 Å². The molecule has 0 aliphatic heterocycles. The molecule has 0 amide bonds. The normalized spacial score (nSPS) is 11.7. The van der Waals surface area contributed by atoms with Crippen molar-refractivity contribution in [3.63, 3.8) is 0 Å². The molecule has 0 aliphatic carbocycles.